The molecule has 0 aromatic carbocycles. The lowest BCUT2D eigenvalue weighted by Gasteiger charge is -2.14. The monoisotopic (exact) mass is 307 g/mol. The van der Waals surface area contributed by atoms with Crippen LogP contribution in [0.2, 0.25) is 0 Å². The summed E-state index contributed by atoms with van der Waals surface area (Å²) in [5.41, 5.74) is 1.50. The number of halogens is 2. The van der Waals surface area contributed by atoms with Gasteiger partial charge in [-0.25, -0.2) is 0 Å². The maximum atomic E-state index is 11.9. The van der Waals surface area contributed by atoms with Crippen LogP contribution in [0.1, 0.15) is 15.9 Å². The van der Waals surface area contributed by atoms with E-state index in [4.69, 9.17) is 0 Å². The second kappa shape index (κ2) is 8.32. The number of aryl methyl sites for hydroxylation is 1. The summed E-state index contributed by atoms with van der Waals surface area (Å²) in [7, 11) is 0. The van der Waals surface area contributed by atoms with E-state index < -0.39 is 0 Å². The van der Waals surface area contributed by atoms with Gasteiger partial charge in [0.2, 0.25) is 0 Å². The number of aliphatic hydroxyl groups is 1. The Kier molecular flexibility index (Phi) is 7.94. The standard InChI is InChI=1S/C12H17N3O2.2ClH/c1-8-2-3-13-6-10(8)12(17)15-5-9-4-14-7-11(9)16;;/h2-3,6,9,11,14,16H,4-5,7H2,1H3,(H,15,17);2*1H. The Bertz CT molecular complexity index is 418. The Balaban J connectivity index is 0.00000162. The second-order valence-corrected chi connectivity index (χ2v) is 4.39. The number of nitrogens with zero attached hydrogens (tertiary/aromatic N) is 1. The lowest BCUT2D eigenvalue weighted by molar-refractivity contribution is 0.0926. The number of hydrogen-bond donors (Lipinski definition) is 3. The lowest BCUT2D eigenvalue weighted by Crippen LogP contribution is -2.34. The smallest absolute Gasteiger partial charge is 0.253 e. The molecule has 0 bridgehead atoms. The fourth-order valence-electron chi connectivity index (χ4n) is 1.95. The van der Waals surface area contributed by atoms with Gasteiger partial charge in [0.05, 0.1) is 11.7 Å². The van der Waals surface area contributed by atoms with Crippen LogP contribution in [0.25, 0.3) is 0 Å². The molecule has 0 spiro atoms. The Hall–Kier alpha value is -0.880. The molecule has 108 valence electrons. The molecule has 2 heterocycles. The van der Waals surface area contributed by atoms with E-state index in [2.05, 4.69) is 15.6 Å². The molecule has 1 aliphatic rings. The predicted octanol–water partition coefficient (Wildman–Crippen LogP) is 0.544. The topological polar surface area (TPSA) is 74.2 Å². The summed E-state index contributed by atoms with van der Waals surface area (Å²) < 4.78 is 0. The van der Waals surface area contributed by atoms with Crippen molar-refractivity contribution in [1.82, 2.24) is 15.6 Å². The Morgan fingerprint density at radius 1 is 1.53 bits per heavy atom. The zero-order valence-electron chi connectivity index (χ0n) is 10.6. The van der Waals surface area contributed by atoms with Crippen molar-refractivity contribution in [3.8, 4) is 0 Å². The molecule has 7 heteroatoms. The van der Waals surface area contributed by atoms with Crippen LogP contribution in [-0.2, 0) is 0 Å². The Labute approximate surface area is 125 Å². The van der Waals surface area contributed by atoms with E-state index in [0.717, 1.165) is 12.1 Å². The minimum absolute atomic E-state index is 0. The van der Waals surface area contributed by atoms with Crippen LogP contribution in [-0.4, -0.2) is 41.7 Å². The highest BCUT2D eigenvalue weighted by Gasteiger charge is 2.25. The molecule has 1 aliphatic heterocycles. The summed E-state index contributed by atoms with van der Waals surface area (Å²) >= 11 is 0. The molecule has 1 aromatic rings. The summed E-state index contributed by atoms with van der Waals surface area (Å²) in [6.07, 6.45) is 2.86. The number of nitrogens with one attached hydrogen (secondary N) is 2. The van der Waals surface area contributed by atoms with E-state index in [1.165, 1.54) is 0 Å². The maximum absolute atomic E-state index is 11.9. The minimum Gasteiger partial charge on any atom is -0.391 e. The van der Waals surface area contributed by atoms with Crippen molar-refractivity contribution >= 4 is 30.7 Å². The number of aromatic nitrogens is 1. The van der Waals surface area contributed by atoms with Gasteiger partial charge in [-0.2, -0.15) is 0 Å². The molecule has 2 atom stereocenters. The Morgan fingerprint density at radius 2 is 2.26 bits per heavy atom. The average molecular weight is 308 g/mol. The molecular formula is C12H19Cl2N3O2. The second-order valence-electron chi connectivity index (χ2n) is 4.39. The molecule has 0 saturated carbocycles. The van der Waals surface area contributed by atoms with Gasteiger partial charge in [-0.05, 0) is 18.6 Å². The largest absolute Gasteiger partial charge is 0.391 e. The van der Waals surface area contributed by atoms with Crippen LogP contribution in [0.5, 0.6) is 0 Å². The molecule has 1 amide bonds. The van der Waals surface area contributed by atoms with Gasteiger partial charge in [0.25, 0.3) is 5.91 Å². The third-order valence-electron chi connectivity index (χ3n) is 3.11. The SMILES string of the molecule is Cc1ccncc1C(=O)NCC1CNCC1O.Cl.Cl. The number of β-amino-alcohol motifs (C(OH)–C–C–N with tert-alkyl or cyclic N) is 1. The number of amides is 1. The van der Waals surface area contributed by atoms with Gasteiger partial charge >= 0.3 is 0 Å². The number of carbonyl (C=O) groups excluding carboxylic acids is 1. The molecule has 19 heavy (non-hydrogen) atoms. The van der Waals surface area contributed by atoms with Crippen molar-refractivity contribution in [2.24, 2.45) is 5.92 Å². The highest BCUT2D eigenvalue weighted by Crippen LogP contribution is 2.09. The third-order valence-corrected chi connectivity index (χ3v) is 3.11. The lowest BCUT2D eigenvalue weighted by atomic mass is 10.1. The van der Waals surface area contributed by atoms with Crippen LogP contribution in [0, 0.1) is 12.8 Å². The van der Waals surface area contributed by atoms with Crippen molar-refractivity contribution in [3.63, 3.8) is 0 Å². The third kappa shape index (κ3) is 4.62. The number of rotatable bonds is 3. The first-order chi connectivity index (χ1) is 8.18. The zero-order chi connectivity index (χ0) is 12.3. The summed E-state index contributed by atoms with van der Waals surface area (Å²) in [6, 6.07) is 1.81. The molecule has 0 radical (unpaired) electrons. The van der Waals surface area contributed by atoms with Crippen LogP contribution in [0.15, 0.2) is 18.5 Å². The van der Waals surface area contributed by atoms with Gasteiger partial charge in [-0.15, -0.1) is 24.8 Å². The van der Waals surface area contributed by atoms with E-state index in [-0.39, 0.29) is 42.7 Å². The number of carbonyl (C=O) groups is 1. The Morgan fingerprint density at radius 3 is 2.84 bits per heavy atom. The van der Waals surface area contributed by atoms with Crippen molar-refractivity contribution in [2.45, 2.75) is 13.0 Å². The highest BCUT2D eigenvalue weighted by atomic mass is 35.5. The van der Waals surface area contributed by atoms with Gasteiger partial charge in [0.1, 0.15) is 0 Å². The van der Waals surface area contributed by atoms with E-state index in [0.29, 0.717) is 18.7 Å². The molecule has 1 saturated heterocycles. The first-order valence-corrected chi connectivity index (χ1v) is 5.76. The summed E-state index contributed by atoms with van der Waals surface area (Å²) in [6.45, 7) is 3.71. The van der Waals surface area contributed by atoms with Crippen molar-refractivity contribution < 1.29 is 9.90 Å². The van der Waals surface area contributed by atoms with Gasteiger partial charge in [0.15, 0.2) is 0 Å². The fourth-order valence-corrected chi connectivity index (χ4v) is 1.95. The summed E-state index contributed by atoms with van der Waals surface area (Å²) in [4.78, 5) is 15.8. The molecule has 2 rings (SSSR count). The van der Waals surface area contributed by atoms with Crippen molar-refractivity contribution in [3.05, 3.63) is 29.6 Å². The molecule has 0 aliphatic carbocycles. The number of pyridine rings is 1. The van der Waals surface area contributed by atoms with Gasteiger partial charge < -0.3 is 15.7 Å². The van der Waals surface area contributed by atoms with E-state index in [9.17, 15) is 9.90 Å². The average Bonchev–Trinajstić information content (AvgIpc) is 2.72. The normalized spacial score (nSPS) is 21.2. The van der Waals surface area contributed by atoms with Crippen molar-refractivity contribution in [1.29, 1.82) is 0 Å². The summed E-state index contributed by atoms with van der Waals surface area (Å²) in [5.74, 6) is -0.0365. The fraction of sp³-hybridized carbons (Fsp3) is 0.500. The van der Waals surface area contributed by atoms with E-state index in [1.54, 1.807) is 18.5 Å². The maximum Gasteiger partial charge on any atom is 0.253 e. The quantitative estimate of drug-likeness (QED) is 0.762. The van der Waals surface area contributed by atoms with E-state index in [1.807, 2.05) is 6.92 Å². The summed E-state index contributed by atoms with van der Waals surface area (Å²) in [5, 5.41) is 15.5. The van der Waals surface area contributed by atoms with Crippen LogP contribution >= 0.6 is 24.8 Å². The highest BCUT2D eigenvalue weighted by molar-refractivity contribution is 5.95. The van der Waals surface area contributed by atoms with Gasteiger partial charge in [-0.1, -0.05) is 0 Å². The first kappa shape index (κ1) is 18.1. The molecule has 1 fully saturated rings. The molecular weight excluding hydrogens is 289 g/mol. The minimum atomic E-state index is -0.370. The molecule has 1 aromatic heterocycles. The number of hydrogen-bond acceptors (Lipinski definition) is 4. The molecule has 2 unspecified atom stereocenters. The van der Waals surface area contributed by atoms with Crippen LogP contribution in [0.4, 0.5) is 0 Å². The van der Waals surface area contributed by atoms with Gasteiger partial charge in [-0.3, -0.25) is 9.78 Å². The first-order valence-electron chi connectivity index (χ1n) is 5.76. The predicted molar refractivity (Wildman–Crippen MR) is 78.2 cm³/mol. The molecule has 5 nitrogen and oxygen atoms in total. The van der Waals surface area contributed by atoms with Crippen molar-refractivity contribution in [2.75, 3.05) is 19.6 Å². The van der Waals surface area contributed by atoms with Gasteiger partial charge in [0, 0.05) is 37.9 Å². The zero-order valence-corrected chi connectivity index (χ0v) is 12.3. The van der Waals surface area contributed by atoms with E-state index >= 15 is 0 Å². The molecule has 3 N–H and O–H groups in total. The number of aliphatic hydroxyl groups excluding tert-OH is 1. The van der Waals surface area contributed by atoms with Crippen LogP contribution < -0.4 is 10.6 Å². The van der Waals surface area contributed by atoms with Crippen LogP contribution in [0.3, 0.4) is 0 Å².